The summed E-state index contributed by atoms with van der Waals surface area (Å²) >= 11 is 0. The van der Waals surface area contributed by atoms with Gasteiger partial charge in [-0.2, -0.15) is 0 Å². The Balaban J connectivity index is 1.87. The van der Waals surface area contributed by atoms with E-state index in [1.54, 1.807) is 32.1 Å². The van der Waals surface area contributed by atoms with Gasteiger partial charge >= 0.3 is 0 Å². The highest BCUT2D eigenvalue weighted by atomic mass is 32.3. The Labute approximate surface area is 103 Å². The SMILES string of the molecule is CC(C)(C)S(C)(C)C1CC2CCC23CCC13. The smallest absolute Gasteiger partial charge is 0.00756 e. The minimum Gasteiger partial charge on any atom is -0.239 e. The Kier molecular flexibility index (Phi) is 2.16. The lowest BCUT2D eigenvalue weighted by atomic mass is 9.49. The van der Waals surface area contributed by atoms with E-state index in [1.165, 1.54) is 0 Å². The second-order valence-electron chi connectivity index (χ2n) is 7.91. The quantitative estimate of drug-likeness (QED) is 0.636. The lowest BCUT2D eigenvalue weighted by Gasteiger charge is -2.60. The van der Waals surface area contributed by atoms with Gasteiger partial charge in [0.05, 0.1) is 0 Å². The van der Waals surface area contributed by atoms with Gasteiger partial charge in [-0.25, -0.2) is 10.0 Å². The molecule has 0 radical (unpaired) electrons. The zero-order chi connectivity index (χ0) is 11.8. The van der Waals surface area contributed by atoms with Crippen molar-refractivity contribution in [2.75, 3.05) is 12.5 Å². The first-order valence-electron chi connectivity index (χ1n) is 7.01. The maximum Gasteiger partial charge on any atom is -0.00756 e. The Bertz CT molecular complexity index is 308. The first-order valence-corrected chi connectivity index (χ1v) is 9.52. The van der Waals surface area contributed by atoms with Crippen LogP contribution < -0.4 is 0 Å². The topological polar surface area (TPSA) is 0 Å². The van der Waals surface area contributed by atoms with Gasteiger partial charge in [0, 0.05) is 0 Å². The van der Waals surface area contributed by atoms with Crippen LogP contribution in [0.4, 0.5) is 0 Å². The van der Waals surface area contributed by atoms with Crippen LogP contribution in [0.1, 0.15) is 52.9 Å². The lowest BCUT2D eigenvalue weighted by Crippen LogP contribution is -2.50. The molecule has 0 aliphatic heterocycles. The molecule has 16 heavy (non-hydrogen) atoms. The van der Waals surface area contributed by atoms with Crippen molar-refractivity contribution in [2.45, 2.75) is 62.9 Å². The Hall–Kier alpha value is 0.350. The zero-order valence-electron chi connectivity index (χ0n) is 11.7. The highest BCUT2D eigenvalue weighted by Gasteiger charge is 2.66. The summed E-state index contributed by atoms with van der Waals surface area (Å²) in [6.07, 6.45) is 13.1. The number of hydrogen-bond acceptors (Lipinski definition) is 0. The van der Waals surface area contributed by atoms with E-state index in [1.807, 2.05) is 0 Å². The molecule has 1 spiro atoms. The molecule has 0 aromatic heterocycles. The molecule has 0 amide bonds. The van der Waals surface area contributed by atoms with Crippen molar-refractivity contribution in [3.8, 4) is 0 Å². The van der Waals surface area contributed by atoms with Gasteiger partial charge in [0.1, 0.15) is 0 Å². The fourth-order valence-corrected chi connectivity index (χ4v) is 7.53. The van der Waals surface area contributed by atoms with Crippen LogP contribution in [-0.4, -0.2) is 22.5 Å². The van der Waals surface area contributed by atoms with Gasteiger partial charge in [0.2, 0.25) is 0 Å². The van der Waals surface area contributed by atoms with Crippen LogP contribution in [0, 0.1) is 17.3 Å². The standard InChI is InChI=1S/C15H28S/c1-14(2,3)16(4,5)13-10-11-6-8-15(11)9-7-12(13)15/h11-13H,6-10H2,1-5H3. The second-order valence-corrected chi connectivity index (χ2v) is 12.5. The van der Waals surface area contributed by atoms with Crippen LogP contribution in [0.2, 0.25) is 0 Å². The van der Waals surface area contributed by atoms with Gasteiger partial charge < -0.3 is 0 Å². The molecule has 0 heterocycles. The van der Waals surface area contributed by atoms with Crippen molar-refractivity contribution >= 4 is 10.0 Å². The molecule has 4 unspecified atom stereocenters. The van der Waals surface area contributed by atoms with Crippen LogP contribution in [-0.2, 0) is 0 Å². The molecule has 3 fully saturated rings. The molecule has 3 aliphatic rings. The van der Waals surface area contributed by atoms with Crippen LogP contribution in [0.15, 0.2) is 0 Å². The van der Waals surface area contributed by atoms with Gasteiger partial charge in [0.15, 0.2) is 0 Å². The molecular weight excluding hydrogens is 212 g/mol. The van der Waals surface area contributed by atoms with E-state index in [-0.39, 0.29) is 0 Å². The molecule has 0 aromatic rings. The van der Waals surface area contributed by atoms with Crippen LogP contribution in [0.5, 0.6) is 0 Å². The second kappa shape index (κ2) is 3.02. The average Bonchev–Trinajstić information content (AvgIpc) is 2.18. The predicted octanol–water partition coefficient (Wildman–Crippen LogP) is 4.43. The van der Waals surface area contributed by atoms with Crippen molar-refractivity contribution in [2.24, 2.45) is 17.3 Å². The molecule has 94 valence electrons. The highest BCUT2D eigenvalue weighted by Crippen LogP contribution is 2.77. The van der Waals surface area contributed by atoms with E-state index in [4.69, 9.17) is 0 Å². The monoisotopic (exact) mass is 240 g/mol. The third-order valence-electron chi connectivity index (χ3n) is 6.73. The summed E-state index contributed by atoms with van der Waals surface area (Å²) in [4.78, 5) is 0. The minimum atomic E-state index is -0.438. The lowest BCUT2D eigenvalue weighted by molar-refractivity contribution is -0.0627. The fourth-order valence-electron chi connectivity index (χ4n) is 4.68. The van der Waals surface area contributed by atoms with E-state index in [0.29, 0.717) is 4.75 Å². The van der Waals surface area contributed by atoms with Crippen LogP contribution in [0.25, 0.3) is 0 Å². The first-order chi connectivity index (χ1) is 7.29. The van der Waals surface area contributed by atoms with E-state index in [0.717, 1.165) is 22.5 Å². The third kappa shape index (κ3) is 1.14. The number of hydrogen-bond donors (Lipinski definition) is 0. The molecule has 0 aromatic carbocycles. The molecule has 0 bridgehead atoms. The number of rotatable bonds is 1. The third-order valence-corrected chi connectivity index (χ3v) is 11.9. The van der Waals surface area contributed by atoms with Gasteiger partial charge in [-0.3, -0.25) is 0 Å². The minimum absolute atomic E-state index is 0.438. The Morgan fingerprint density at radius 1 is 1.06 bits per heavy atom. The zero-order valence-corrected chi connectivity index (χ0v) is 12.5. The van der Waals surface area contributed by atoms with E-state index in [2.05, 4.69) is 33.3 Å². The van der Waals surface area contributed by atoms with Gasteiger partial charge in [-0.05, 0) is 71.9 Å². The largest absolute Gasteiger partial charge is 0.239 e. The highest BCUT2D eigenvalue weighted by molar-refractivity contribution is 8.34. The van der Waals surface area contributed by atoms with Gasteiger partial charge in [0.25, 0.3) is 0 Å². The summed E-state index contributed by atoms with van der Waals surface area (Å²) < 4.78 is 0.540. The normalized spacial score (nSPS) is 47.7. The predicted molar refractivity (Wildman–Crippen MR) is 75.5 cm³/mol. The molecule has 0 N–H and O–H groups in total. The van der Waals surface area contributed by atoms with Crippen LogP contribution >= 0.6 is 10.0 Å². The van der Waals surface area contributed by atoms with Crippen molar-refractivity contribution < 1.29 is 0 Å². The molecule has 1 heteroatoms. The van der Waals surface area contributed by atoms with E-state index >= 15 is 0 Å². The Morgan fingerprint density at radius 2 is 1.69 bits per heavy atom. The summed E-state index contributed by atoms with van der Waals surface area (Å²) in [7, 11) is -0.438. The summed E-state index contributed by atoms with van der Waals surface area (Å²) in [5.41, 5.74) is 0.889. The summed E-state index contributed by atoms with van der Waals surface area (Å²) in [5, 5.41) is 1.09. The fraction of sp³-hybridized carbons (Fsp3) is 1.00. The van der Waals surface area contributed by atoms with Gasteiger partial charge in [-0.15, -0.1) is 0 Å². The summed E-state index contributed by atoms with van der Waals surface area (Å²) in [6.45, 7) is 7.44. The molecule has 4 atom stereocenters. The summed E-state index contributed by atoms with van der Waals surface area (Å²) in [6, 6.07) is 0. The molecule has 0 saturated heterocycles. The van der Waals surface area contributed by atoms with Gasteiger partial charge in [-0.1, -0.05) is 20.8 Å². The van der Waals surface area contributed by atoms with E-state index in [9.17, 15) is 0 Å². The van der Waals surface area contributed by atoms with Crippen molar-refractivity contribution in [3.05, 3.63) is 0 Å². The Morgan fingerprint density at radius 3 is 2.00 bits per heavy atom. The van der Waals surface area contributed by atoms with E-state index < -0.39 is 10.0 Å². The maximum atomic E-state index is 2.62. The summed E-state index contributed by atoms with van der Waals surface area (Å²) in [5.74, 6) is 2.28. The molecular formula is C15H28S. The van der Waals surface area contributed by atoms with Crippen LogP contribution in [0.3, 0.4) is 0 Å². The molecule has 0 nitrogen and oxygen atoms in total. The first kappa shape index (κ1) is 11.4. The van der Waals surface area contributed by atoms with Crippen molar-refractivity contribution in [1.82, 2.24) is 0 Å². The molecule has 3 rings (SSSR count). The average molecular weight is 240 g/mol. The maximum absolute atomic E-state index is 2.62. The van der Waals surface area contributed by atoms with Crippen molar-refractivity contribution in [3.63, 3.8) is 0 Å². The molecule has 3 aliphatic carbocycles. The van der Waals surface area contributed by atoms with Crippen molar-refractivity contribution in [1.29, 1.82) is 0 Å². The molecule has 3 saturated carbocycles.